The number of cyclic esters (lactones) is 1. The Morgan fingerprint density at radius 2 is 1.77 bits per heavy atom. The van der Waals surface area contributed by atoms with Crippen molar-refractivity contribution >= 4 is 28.9 Å². The minimum atomic E-state index is -0.926. The van der Waals surface area contributed by atoms with Gasteiger partial charge in [0.05, 0.1) is 36.5 Å². The van der Waals surface area contributed by atoms with Gasteiger partial charge in [-0.15, -0.1) is 13.2 Å². The van der Waals surface area contributed by atoms with Gasteiger partial charge in [-0.25, -0.2) is 13.8 Å². The van der Waals surface area contributed by atoms with Gasteiger partial charge in [0.25, 0.3) is 0 Å². The smallest absolute Gasteiger partial charge is 0.309 e. The number of hydrogen-bond donors (Lipinski definition) is 0. The predicted octanol–water partition coefficient (Wildman–Crippen LogP) is 8.53. The van der Waals surface area contributed by atoms with Crippen LogP contribution in [0, 0.1) is 11.6 Å². The van der Waals surface area contributed by atoms with Crippen molar-refractivity contribution < 1.29 is 27.8 Å². The number of ether oxygens (including phenoxy) is 2. The molecule has 1 aromatic heterocycles. The summed E-state index contributed by atoms with van der Waals surface area (Å²) in [4.78, 5) is 28.2. The van der Waals surface area contributed by atoms with E-state index in [0.29, 0.717) is 42.4 Å². The molecule has 0 bridgehead atoms. The molecule has 0 saturated heterocycles. The number of allylic oxidation sites excluding steroid dienone is 3. The summed E-state index contributed by atoms with van der Waals surface area (Å²) in [5.74, 6) is -2.12. The monoisotopic (exact) mass is 606 g/mol. The highest BCUT2D eigenvalue weighted by molar-refractivity contribution is 5.86. The van der Waals surface area contributed by atoms with Crippen molar-refractivity contribution in [3.63, 3.8) is 0 Å². The summed E-state index contributed by atoms with van der Waals surface area (Å²) in [6.07, 6.45) is 8.26. The van der Waals surface area contributed by atoms with Crippen molar-refractivity contribution in [2.24, 2.45) is 0 Å². The quantitative estimate of drug-likeness (QED) is 0.179. The normalized spacial score (nSPS) is 18.7. The number of hydrogen-bond acceptors (Lipinski definition) is 6. The van der Waals surface area contributed by atoms with Gasteiger partial charge in [0, 0.05) is 42.7 Å². The van der Waals surface area contributed by atoms with Gasteiger partial charge in [-0.3, -0.25) is 4.79 Å². The van der Waals surface area contributed by atoms with Gasteiger partial charge in [-0.1, -0.05) is 31.6 Å². The molecule has 5 rings (SSSR count). The van der Waals surface area contributed by atoms with Crippen molar-refractivity contribution in [2.45, 2.75) is 84.8 Å². The lowest BCUT2D eigenvalue weighted by atomic mass is 9.79. The molecule has 0 saturated carbocycles. The minimum absolute atomic E-state index is 0.110. The number of fused-ring (bicyclic) bond motifs is 4. The van der Waals surface area contributed by atoms with E-state index in [9.17, 15) is 18.4 Å². The Balaban J connectivity index is 0.000000345. The number of carbonyl (C=O) groups excluding carboxylic acids is 2. The number of rotatable bonds is 7. The van der Waals surface area contributed by atoms with Crippen molar-refractivity contribution in [3.8, 4) is 0 Å². The van der Waals surface area contributed by atoms with Gasteiger partial charge in [0.15, 0.2) is 11.6 Å². The van der Waals surface area contributed by atoms with E-state index in [0.717, 1.165) is 53.3 Å². The minimum Gasteiger partial charge on any atom is -0.465 e. The van der Waals surface area contributed by atoms with Crippen LogP contribution in [0.1, 0.15) is 83.9 Å². The summed E-state index contributed by atoms with van der Waals surface area (Å²) in [6.45, 7) is 20.7. The highest BCUT2D eigenvalue weighted by Gasteiger charge is 2.43. The molecule has 0 aliphatic carbocycles. The maximum atomic E-state index is 13.8. The first-order chi connectivity index (χ1) is 20.9. The van der Waals surface area contributed by atoms with E-state index in [1.807, 2.05) is 26.0 Å². The Hall–Kier alpha value is -3.91. The molecule has 2 aromatic rings. The Bertz CT molecular complexity index is 1500. The van der Waals surface area contributed by atoms with Crippen LogP contribution in [0.25, 0.3) is 16.6 Å². The zero-order chi connectivity index (χ0) is 32.6. The van der Waals surface area contributed by atoms with Crippen LogP contribution in [0.3, 0.4) is 0 Å². The second kappa shape index (κ2) is 15.2. The number of methoxy groups -OCH3 is 1. The van der Waals surface area contributed by atoms with Crippen LogP contribution < -0.4 is 0 Å². The molecule has 1 aromatic carbocycles. The fourth-order valence-corrected chi connectivity index (χ4v) is 5.53. The fraction of sp³-hybridized carbons (Fsp3) is 0.417. The molecule has 1 unspecified atom stereocenters. The number of carbonyl (C=O) groups is 2. The molecule has 44 heavy (non-hydrogen) atoms. The topological polar surface area (TPSA) is 68.7 Å². The van der Waals surface area contributed by atoms with E-state index in [1.165, 1.54) is 23.6 Å². The molecule has 0 spiro atoms. The van der Waals surface area contributed by atoms with Gasteiger partial charge >= 0.3 is 5.97 Å². The van der Waals surface area contributed by atoms with Gasteiger partial charge in [0.2, 0.25) is 0 Å². The summed E-state index contributed by atoms with van der Waals surface area (Å²) in [6, 6.07) is 4.14. The first-order valence-electron chi connectivity index (χ1n) is 15.1. The fourth-order valence-electron chi connectivity index (χ4n) is 5.53. The molecular formula is C36H44F2N2O4. The number of aromatic nitrogens is 1. The lowest BCUT2D eigenvalue weighted by Crippen LogP contribution is -2.40. The summed E-state index contributed by atoms with van der Waals surface area (Å²) < 4.78 is 38.8. The predicted molar refractivity (Wildman–Crippen MR) is 171 cm³/mol. The Morgan fingerprint density at radius 3 is 2.34 bits per heavy atom. The Kier molecular flexibility index (Phi) is 11.9. The Labute approximate surface area is 259 Å². The lowest BCUT2D eigenvalue weighted by molar-refractivity contribution is -0.149. The van der Waals surface area contributed by atoms with E-state index in [4.69, 9.17) is 9.47 Å². The van der Waals surface area contributed by atoms with Crippen LogP contribution in [0.15, 0.2) is 72.0 Å². The lowest BCUT2D eigenvalue weighted by Gasteiger charge is -2.40. The molecule has 8 heteroatoms. The largest absolute Gasteiger partial charge is 0.465 e. The SMILES string of the molecule is C=C(C)CCCC(=C)C.C=C1C2=C(C=C3c4nc5cc(F)c(F)cc5cc4CN13)C(CC)(OC)CC(=O)OCC2.CCC=O. The molecule has 0 fully saturated rings. The van der Waals surface area contributed by atoms with Crippen molar-refractivity contribution in [2.75, 3.05) is 13.7 Å². The first kappa shape index (κ1) is 34.6. The van der Waals surface area contributed by atoms with Crippen LogP contribution in [-0.2, 0) is 25.6 Å². The van der Waals surface area contributed by atoms with Gasteiger partial charge in [0.1, 0.15) is 11.9 Å². The average Bonchev–Trinajstić information content (AvgIpc) is 3.33. The highest BCUT2D eigenvalue weighted by atomic mass is 19.2. The summed E-state index contributed by atoms with van der Waals surface area (Å²) in [5.41, 5.74) is 7.26. The van der Waals surface area contributed by atoms with Crippen molar-refractivity contribution in [1.29, 1.82) is 0 Å². The van der Waals surface area contributed by atoms with Gasteiger partial charge in [-0.2, -0.15) is 0 Å². The first-order valence-corrected chi connectivity index (χ1v) is 15.1. The molecule has 3 aliphatic heterocycles. The van der Waals surface area contributed by atoms with Gasteiger partial charge in [-0.05, 0) is 68.9 Å². The van der Waals surface area contributed by atoms with E-state index < -0.39 is 17.2 Å². The number of pyridine rings is 1. The number of halogens is 2. The Morgan fingerprint density at radius 1 is 1.14 bits per heavy atom. The van der Waals surface area contributed by atoms with Crippen molar-refractivity contribution in [1.82, 2.24) is 9.88 Å². The molecule has 0 amide bonds. The average molecular weight is 607 g/mol. The van der Waals surface area contributed by atoms with Crippen LogP contribution in [0.5, 0.6) is 0 Å². The molecule has 236 valence electrons. The highest BCUT2D eigenvalue weighted by Crippen LogP contribution is 2.47. The van der Waals surface area contributed by atoms with Gasteiger partial charge < -0.3 is 19.2 Å². The molecule has 1 atom stereocenters. The summed E-state index contributed by atoms with van der Waals surface area (Å²) >= 11 is 0. The molecule has 0 radical (unpaired) electrons. The molecular weight excluding hydrogens is 562 g/mol. The molecule has 4 heterocycles. The zero-order valence-corrected chi connectivity index (χ0v) is 26.7. The van der Waals surface area contributed by atoms with Crippen LogP contribution in [0.4, 0.5) is 8.78 Å². The van der Waals surface area contributed by atoms with E-state index in [2.05, 4.69) is 43.5 Å². The maximum Gasteiger partial charge on any atom is 0.309 e. The molecule has 0 N–H and O–H groups in total. The summed E-state index contributed by atoms with van der Waals surface area (Å²) in [7, 11) is 1.60. The van der Waals surface area contributed by atoms with E-state index in [-0.39, 0.29) is 19.0 Å². The standard InChI is InChI=1S/C24H22F2N2O3.C9H16.C3H6O/c1-4-24(30-3)11-22(29)31-6-5-16-13(2)28-12-15-7-14-8-18(25)19(26)10-20(14)27-23(15)21(28)9-17(16)24;1-8(2)6-5-7-9(3)4;1-2-3-4/h7-10H,2,4-6,11-12H2,1,3H3;1,3,5-7H2,2,4H3;3H,2H2,1H3. The third-order valence-electron chi connectivity index (χ3n) is 7.95. The number of nitrogens with zero attached hydrogens (tertiary/aromatic N) is 2. The maximum absolute atomic E-state index is 13.8. The second-order valence-electron chi connectivity index (χ2n) is 11.5. The second-order valence-corrected chi connectivity index (χ2v) is 11.5. The van der Waals surface area contributed by atoms with E-state index >= 15 is 0 Å². The van der Waals surface area contributed by atoms with Crippen LogP contribution in [0.2, 0.25) is 0 Å². The van der Waals surface area contributed by atoms with E-state index in [1.54, 1.807) is 7.11 Å². The number of benzene rings is 1. The third kappa shape index (κ3) is 7.78. The molecule has 3 aliphatic rings. The van der Waals surface area contributed by atoms with Crippen LogP contribution in [-0.4, -0.2) is 41.5 Å². The van der Waals surface area contributed by atoms with Crippen molar-refractivity contribution in [3.05, 3.63) is 94.9 Å². The third-order valence-corrected chi connectivity index (χ3v) is 7.95. The number of esters is 1. The number of aldehydes is 1. The summed E-state index contributed by atoms with van der Waals surface area (Å²) in [5, 5.41) is 0.550. The zero-order valence-electron chi connectivity index (χ0n) is 26.7. The van der Waals surface area contributed by atoms with Crippen LogP contribution >= 0.6 is 0 Å². The molecule has 6 nitrogen and oxygen atoms in total.